The number of aromatic nitrogens is 1. The SMILES string of the molecule is CN(CCC(=O)c1ccc(Br)cc1Cl)Cc1cscn1. The van der Waals surface area contributed by atoms with Crippen molar-refractivity contribution in [2.24, 2.45) is 0 Å². The molecule has 0 unspecified atom stereocenters. The van der Waals surface area contributed by atoms with Crippen LogP contribution in [0.5, 0.6) is 0 Å². The van der Waals surface area contributed by atoms with Gasteiger partial charge in [0.2, 0.25) is 0 Å². The summed E-state index contributed by atoms with van der Waals surface area (Å²) in [6.45, 7) is 1.44. The second kappa shape index (κ2) is 7.31. The molecule has 0 saturated carbocycles. The van der Waals surface area contributed by atoms with Crippen LogP contribution in [0.1, 0.15) is 22.5 Å². The quantitative estimate of drug-likeness (QED) is 0.709. The van der Waals surface area contributed by atoms with E-state index in [0.29, 0.717) is 23.6 Å². The van der Waals surface area contributed by atoms with Crippen LogP contribution in [0.15, 0.2) is 33.6 Å². The van der Waals surface area contributed by atoms with Crippen molar-refractivity contribution in [2.45, 2.75) is 13.0 Å². The lowest BCUT2D eigenvalue weighted by atomic mass is 10.1. The maximum atomic E-state index is 12.1. The van der Waals surface area contributed by atoms with E-state index in [1.165, 1.54) is 0 Å². The Labute approximate surface area is 135 Å². The molecule has 0 fully saturated rings. The number of rotatable bonds is 6. The van der Waals surface area contributed by atoms with E-state index in [1.807, 2.05) is 24.0 Å². The molecule has 0 bridgehead atoms. The average molecular weight is 374 g/mol. The van der Waals surface area contributed by atoms with E-state index < -0.39 is 0 Å². The smallest absolute Gasteiger partial charge is 0.165 e. The Morgan fingerprint density at radius 1 is 1.50 bits per heavy atom. The van der Waals surface area contributed by atoms with Gasteiger partial charge in [-0.15, -0.1) is 11.3 Å². The van der Waals surface area contributed by atoms with E-state index in [-0.39, 0.29) is 5.78 Å². The molecule has 0 amide bonds. The lowest BCUT2D eigenvalue weighted by Gasteiger charge is -2.14. The third-order valence-electron chi connectivity index (χ3n) is 2.87. The van der Waals surface area contributed by atoms with Crippen molar-refractivity contribution in [3.8, 4) is 0 Å². The lowest BCUT2D eigenvalue weighted by Crippen LogP contribution is -2.21. The summed E-state index contributed by atoms with van der Waals surface area (Å²) in [5, 5.41) is 2.51. The molecule has 106 valence electrons. The fourth-order valence-corrected chi connectivity index (χ4v) is 3.14. The summed E-state index contributed by atoms with van der Waals surface area (Å²) < 4.78 is 0.875. The molecule has 0 aliphatic rings. The Bertz CT molecular complexity index is 589. The number of ketones is 1. The summed E-state index contributed by atoms with van der Waals surface area (Å²) in [4.78, 5) is 18.5. The molecule has 0 atom stereocenters. The molecule has 6 heteroatoms. The first-order valence-corrected chi connectivity index (χ1v) is 8.21. The van der Waals surface area contributed by atoms with Crippen LogP contribution in [-0.4, -0.2) is 29.3 Å². The molecule has 1 aromatic heterocycles. The topological polar surface area (TPSA) is 33.2 Å². The summed E-state index contributed by atoms with van der Waals surface area (Å²) in [6, 6.07) is 5.33. The highest BCUT2D eigenvalue weighted by Crippen LogP contribution is 2.22. The van der Waals surface area contributed by atoms with E-state index in [1.54, 1.807) is 23.5 Å². The maximum Gasteiger partial charge on any atom is 0.165 e. The number of halogens is 2. The van der Waals surface area contributed by atoms with E-state index >= 15 is 0 Å². The molecular weight excluding hydrogens is 360 g/mol. The van der Waals surface area contributed by atoms with Gasteiger partial charge < -0.3 is 4.90 Å². The molecule has 2 rings (SSSR count). The fourth-order valence-electron chi connectivity index (χ4n) is 1.81. The molecule has 0 radical (unpaired) electrons. The highest BCUT2D eigenvalue weighted by Gasteiger charge is 2.12. The Kier molecular flexibility index (Phi) is 5.72. The normalized spacial score (nSPS) is 11.0. The fraction of sp³-hybridized carbons (Fsp3) is 0.286. The van der Waals surface area contributed by atoms with Crippen LogP contribution in [0.25, 0.3) is 0 Å². The Balaban J connectivity index is 1.88. The predicted molar refractivity (Wildman–Crippen MR) is 86.5 cm³/mol. The zero-order chi connectivity index (χ0) is 14.5. The summed E-state index contributed by atoms with van der Waals surface area (Å²) in [5.41, 5.74) is 3.43. The first-order valence-electron chi connectivity index (χ1n) is 6.10. The first kappa shape index (κ1) is 15.6. The minimum absolute atomic E-state index is 0.0626. The van der Waals surface area contributed by atoms with Gasteiger partial charge in [-0.05, 0) is 25.2 Å². The summed E-state index contributed by atoms with van der Waals surface area (Å²) in [6.07, 6.45) is 0.446. The molecule has 20 heavy (non-hydrogen) atoms. The van der Waals surface area contributed by atoms with Crippen LogP contribution in [0.4, 0.5) is 0 Å². The van der Waals surface area contributed by atoms with Crippen molar-refractivity contribution in [2.75, 3.05) is 13.6 Å². The molecule has 0 N–H and O–H groups in total. The van der Waals surface area contributed by atoms with Crippen molar-refractivity contribution in [3.05, 3.63) is 49.8 Å². The van der Waals surface area contributed by atoms with E-state index in [0.717, 1.165) is 16.7 Å². The second-order valence-electron chi connectivity index (χ2n) is 4.51. The number of nitrogens with zero attached hydrogens (tertiary/aromatic N) is 2. The van der Waals surface area contributed by atoms with E-state index in [2.05, 4.69) is 25.8 Å². The van der Waals surface area contributed by atoms with E-state index in [9.17, 15) is 4.79 Å². The van der Waals surface area contributed by atoms with Gasteiger partial charge in [0.05, 0.1) is 16.2 Å². The molecular formula is C14H14BrClN2OS. The molecule has 0 spiro atoms. The van der Waals surface area contributed by atoms with Gasteiger partial charge in [0.25, 0.3) is 0 Å². The number of benzene rings is 1. The monoisotopic (exact) mass is 372 g/mol. The third-order valence-corrected chi connectivity index (χ3v) is 4.31. The Hall–Kier alpha value is -0.750. The predicted octanol–water partition coefficient (Wildman–Crippen LogP) is 4.26. The van der Waals surface area contributed by atoms with Crippen molar-refractivity contribution in [3.63, 3.8) is 0 Å². The third kappa shape index (κ3) is 4.38. The number of thiazole rings is 1. The van der Waals surface area contributed by atoms with Crippen LogP contribution in [0, 0.1) is 0 Å². The highest BCUT2D eigenvalue weighted by atomic mass is 79.9. The van der Waals surface area contributed by atoms with Gasteiger partial charge in [-0.25, -0.2) is 4.98 Å². The van der Waals surface area contributed by atoms with Crippen LogP contribution < -0.4 is 0 Å². The minimum Gasteiger partial charge on any atom is -0.300 e. The van der Waals surface area contributed by atoms with Crippen LogP contribution in [0.2, 0.25) is 5.02 Å². The van der Waals surface area contributed by atoms with E-state index in [4.69, 9.17) is 11.6 Å². The van der Waals surface area contributed by atoms with Crippen molar-refractivity contribution < 1.29 is 4.79 Å². The number of hydrogen-bond donors (Lipinski definition) is 0. The first-order chi connectivity index (χ1) is 9.56. The number of carbonyl (C=O) groups excluding carboxylic acids is 1. The molecule has 1 heterocycles. The zero-order valence-corrected chi connectivity index (χ0v) is 14.1. The van der Waals surface area contributed by atoms with Crippen LogP contribution >= 0.6 is 38.9 Å². The summed E-state index contributed by atoms with van der Waals surface area (Å²) in [7, 11) is 1.98. The maximum absolute atomic E-state index is 12.1. The molecule has 3 nitrogen and oxygen atoms in total. The molecule has 2 aromatic rings. The van der Waals surface area contributed by atoms with Gasteiger partial charge in [-0.1, -0.05) is 27.5 Å². The van der Waals surface area contributed by atoms with Gasteiger partial charge in [-0.2, -0.15) is 0 Å². The highest BCUT2D eigenvalue weighted by molar-refractivity contribution is 9.10. The zero-order valence-electron chi connectivity index (χ0n) is 11.0. The molecule has 1 aromatic carbocycles. The Morgan fingerprint density at radius 3 is 2.95 bits per heavy atom. The van der Waals surface area contributed by atoms with Gasteiger partial charge in [-0.3, -0.25) is 4.79 Å². The largest absolute Gasteiger partial charge is 0.300 e. The van der Waals surface area contributed by atoms with Crippen molar-refractivity contribution >= 4 is 44.7 Å². The van der Waals surface area contributed by atoms with Gasteiger partial charge in [0.15, 0.2) is 5.78 Å². The van der Waals surface area contributed by atoms with Crippen molar-refractivity contribution in [1.29, 1.82) is 0 Å². The standard InChI is InChI=1S/C14H14BrClN2OS/c1-18(7-11-8-20-9-17-11)5-4-14(19)12-3-2-10(15)6-13(12)16/h2-3,6,8-9H,4-5,7H2,1H3. The second-order valence-corrected chi connectivity index (χ2v) is 6.56. The minimum atomic E-state index is 0.0626. The molecule has 0 saturated heterocycles. The number of hydrogen-bond acceptors (Lipinski definition) is 4. The van der Waals surface area contributed by atoms with Crippen molar-refractivity contribution in [1.82, 2.24) is 9.88 Å². The van der Waals surface area contributed by atoms with Gasteiger partial charge in [0, 0.05) is 34.9 Å². The lowest BCUT2D eigenvalue weighted by molar-refractivity contribution is 0.0968. The molecule has 0 aliphatic heterocycles. The summed E-state index contributed by atoms with van der Waals surface area (Å²) in [5.74, 6) is 0.0626. The van der Waals surface area contributed by atoms with Crippen LogP contribution in [-0.2, 0) is 6.54 Å². The number of carbonyl (C=O) groups is 1. The van der Waals surface area contributed by atoms with Crippen LogP contribution in [0.3, 0.4) is 0 Å². The molecule has 0 aliphatic carbocycles. The Morgan fingerprint density at radius 2 is 2.30 bits per heavy atom. The average Bonchev–Trinajstić information content (AvgIpc) is 2.89. The van der Waals surface area contributed by atoms with Gasteiger partial charge in [0.1, 0.15) is 0 Å². The summed E-state index contributed by atoms with van der Waals surface area (Å²) >= 11 is 11.0. The van der Waals surface area contributed by atoms with Gasteiger partial charge >= 0.3 is 0 Å². The number of Topliss-reactive ketones (excluding diaryl/α,β-unsaturated/α-hetero) is 1.